The molecule has 0 radical (unpaired) electrons. The van der Waals surface area contributed by atoms with Gasteiger partial charge in [-0.25, -0.2) is 8.42 Å². The Labute approximate surface area is 193 Å². The van der Waals surface area contributed by atoms with Gasteiger partial charge in [0, 0.05) is 24.5 Å². The number of aromatic nitrogens is 2. The lowest BCUT2D eigenvalue weighted by atomic mass is 10.0. The van der Waals surface area contributed by atoms with E-state index >= 15 is 0 Å². The van der Waals surface area contributed by atoms with Crippen LogP contribution in [0, 0.1) is 12.8 Å². The van der Waals surface area contributed by atoms with Crippen molar-refractivity contribution in [2.45, 2.75) is 45.6 Å². The Morgan fingerprint density at radius 3 is 2.47 bits per heavy atom. The van der Waals surface area contributed by atoms with Gasteiger partial charge < -0.3 is 10.2 Å². The van der Waals surface area contributed by atoms with E-state index in [-0.39, 0.29) is 10.8 Å². The van der Waals surface area contributed by atoms with Gasteiger partial charge >= 0.3 is 0 Å². The normalized spacial score (nSPS) is 12.8. The van der Waals surface area contributed by atoms with Gasteiger partial charge in [-0.15, -0.1) is 0 Å². The lowest BCUT2D eigenvalue weighted by Gasteiger charge is -2.24. The van der Waals surface area contributed by atoms with E-state index in [1.807, 2.05) is 25.1 Å². The van der Waals surface area contributed by atoms with Gasteiger partial charge in [-0.2, -0.15) is 13.5 Å². The quantitative estimate of drug-likeness (QED) is 0.488. The van der Waals surface area contributed by atoms with Crippen LogP contribution < -0.4 is 14.9 Å². The van der Waals surface area contributed by atoms with Gasteiger partial charge in [0.25, 0.3) is 0 Å². The lowest BCUT2D eigenvalue weighted by Crippen LogP contribution is -2.47. The molecule has 0 aliphatic rings. The molecule has 3 aromatic rings. The van der Waals surface area contributed by atoms with E-state index in [0.717, 1.165) is 36.1 Å². The van der Waals surface area contributed by atoms with Crippen LogP contribution in [0.2, 0.25) is 0 Å². The van der Waals surface area contributed by atoms with Crippen LogP contribution in [0.4, 0.5) is 11.4 Å². The third-order valence-electron chi connectivity index (χ3n) is 5.37. The Morgan fingerprint density at radius 2 is 1.84 bits per heavy atom. The second-order valence-electron chi connectivity index (χ2n) is 7.89. The second kappa shape index (κ2) is 9.93. The van der Waals surface area contributed by atoms with Crippen LogP contribution in [0.1, 0.15) is 33.3 Å². The van der Waals surface area contributed by atoms with Gasteiger partial charge in [-0.05, 0) is 62.6 Å². The Balaban J connectivity index is 1.83. The van der Waals surface area contributed by atoms with E-state index in [1.54, 1.807) is 26.0 Å². The molecule has 32 heavy (non-hydrogen) atoms. The first-order valence-electron chi connectivity index (χ1n) is 10.6. The van der Waals surface area contributed by atoms with Crippen LogP contribution in [-0.2, 0) is 14.8 Å². The molecule has 0 unspecified atom stereocenters. The highest BCUT2D eigenvalue weighted by Gasteiger charge is 2.30. The molecule has 2 aromatic carbocycles. The number of amides is 1. The highest BCUT2D eigenvalue weighted by molar-refractivity contribution is 7.89. The number of carbonyl (C=O) groups excluding carboxylic acids is 1. The summed E-state index contributed by atoms with van der Waals surface area (Å²) in [4.78, 5) is 15.3. The van der Waals surface area contributed by atoms with E-state index in [4.69, 9.17) is 0 Å². The molecule has 1 atom stereocenters. The molecule has 2 N–H and O–H groups in total. The zero-order chi connectivity index (χ0) is 23.5. The van der Waals surface area contributed by atoms with E-state index in [1.165, 1.54) is 6.07 Å². The average molecular weight is 476 g/mol. The second-order valence-corrected chi connectivity index (χ2v) is 10.1. The van der Waals surface area contributed by atoms with Crippen molar-refractivity contribution in [3.8, 4) is 0 Å². The maximum absolute atomic E-state index is 13.1. The van der Waals surface area contributed by atoms with Crippen LogP contribution in [0.15, 0.2) is 41.3 Å². The van der Waals surface area contributed by atoms with Gasteiger partial charge in [0.2, 0.25) is 15.9 Å². The molecule has 3 rings (SSSR count). The van der Waals surface area contributed by atoms with E-state index < -0.39 is 22.0 Å². The van der Waals surface area contributed by atoms with Crippen LogP contribution >= 0.6 is 11.7 Å². The molecule has 10 heteroatoms. The number of sulfonamides is 1. The molecule has 0 spiro atoms. The third-order valence-corrected chi connectivity index (χ3v) is 7.38. The third kappa shape index (κ3) is 5.08. The van der Waals surface area contributed by atoms with Crippen LogP contribution in [0.25, 0.3) is 11.0 Å². The van der Waals surface area contributed by atoms with Crippen LogP contribution in [0.5, 0.6) is 0 Å². The predicted octanol–water partition coefficient (Wildman–Crippen LogP) is 3.79. The maximum atomic E-state index is 13.1. The first kappa shape index (κ1) is 24.1. The smallest absolute Gasteiger partial charge is 0.243 e. The van der Waals surface area contributed by atoms with Crippen molar-refractivity contribution in [2.75, 3.05) is 23.3 Å². The number of aryl methyl sites for hydroxylation is 1. The van der Waals surface area contributed by atoms with E-state index in [0.29, 0.717) is 16.7 Å². The molecular weight excluding hydrogens is 446 g/mol. The summed E-state index contributed by atoms with van der Waals surface area (Å²) >= 11 is 0.949. The Bertz CT molecular complexity index is 1200. The molecule has 0 saturated heterocycles. The van der Waals surface area contributed by atoms with Gasteiger partial charge in [-0.3, -0.25) is 4.79 Å². The number of benzene rings is 2. The van der Waals surface area contributed by atoms with Crippen molar-refractivity contribution in [3.05, 3.63) is 42.0 Å². The summed E-state index contributed by atoms with van der Waals surface area (Å²) in [7, 11) is -3.99. The van der Waals surface area contributed by atoms with E-state index in [2.05, 4.69) is 37.5 Å². The zero-order valence-corrected chi connectivity index (χ0v) is 20.5. The number of fused-ring (bicyclic) bond motifs is 1. The zero-order valence-electron chi connectivity index (χ0n) is 18.9. The van der Waals surface area contributed by atoms with E-state index in [9.17, 15) is 13.2 Å². The number of rotatable bonds is 9. The fourth-order valence-corrected chi connectivity index (χ4v) is 5.62. The molecule has 0 aliphatic heterocycles. The molecule has 0 fully saturated rings. The summed E-state index contributed by atoms with van der Waals surface area (Å²) < 4.78 is 37.0. The number of nitrogens with zero attached hydrogens (tertiary/aromatic N) is 3. The first-order chi connectivity index (χ1) is 15.2. The van der Waals surface area contributed by atoms with Crippen molar-refractivity contribution in [1.29, 1.82) is 0 Å². The molecule has 0 bridgehead atoms. The van der Waals surface area contributed by atoms with Gasteiger partial charge in [0.1, 0.15) is 22.0 Å². The van der Waals surface area contributed by atoms with Gasteiger partial charge in [0.15, 0.2) is 0 Å². The maximum Gasteiger partial charge on any atom is 0.243 e. The summed E-state index contributed by atoms with van der Waals surface area (Å²) in [5.41, 5.74) is 3.45. The molecule has 172 valence electrons. The van der Waals surface area contributed by atoms with Crippen molar-refractivity contribution in [3.63, 3.8) is 0 Å². The molecule has 1 amide bonds. The minimum atomic E-state index is -3.99. The summed E-state index contributed by atoms with van der Waals surface area (Å²) in [6.45, 7) is 11.5. The number of anilines is 2. The molecule has 1 heterocycles. The number of carbonyl (C=O) groups is 1. The number of hydrogen-bond acceptors (Lipinski definition) is 7. The van der Waals surface area contributed by atoms with Gasteiger partial charge in [-0.1, -0.05) is 19.9 Å². The largest absolute Gasteiger partial charge is 0.372 e. The summed E-state index contributed by atoms with van der Waals surface area (Å²) in [5, 5.41) is 2.89. The highest BCUT2D eigenvalue weighted by atomic mass is 32.2. The number of nitrogens with one attached hydrogen (secondary N) is 2. The minimum absolute atomic E-state index is 0.0157. The Morgan fingerprint density at radius 1 is 1.12 bits per heavy atom. The standard InChI is InChI=1S/C22H29N5O3S2/c1-6-27(7-2)16-11-12-17(15(5)13-16)23-22(28)20(14(3)4)26-32(29,30)19-10-8-9-18-21(19)25-31-24-18/h8-14,20,26H,6-7H2,1-5H3,(H,23,28)/t20-/m1/s1. The lowest BCUT2D eigenvalue weighted by molar-refractivity contribution is -0.118. The Kier molecular flexibility index (Phi) is 7.47. The van der Waals surface area contributed by atoms with Crippen molar-refractivity contribution < 1.29 is 13.2 Å². The molecule has 1 aromatic heterocycles. The highest BCUT2D eigenvalue weighted by Crippen LogP contribution is 2.25. The average Bonchev–Trinajstić information content (AvgIpc) is 3.23. The molecule has 0 saturated carbocycles. The predicted molar refractivity (Wildman–Crippen MR) is 130 cm³/mol. The topological polar surface area (TPSA) is 104 Å². The Hall–Kier alpha value is -2.56. The number of hydrogen-bond donors (Lipinski definition) is 2. The monoisotopic (exact) mass is 475 g/mol. The minimum Gasteiger partial charge on any atom is -0.372 e. The summed E-state index contributed by atoms with van der Waals surface area (Å²) in [6, 6.07) is 9.67. The fraction of sp³-hybridized carbons (Fsp3) is 0.409. The SMILES string of the molecule is CCN(CC)c1ccc(NC(=O)[C@H](NS(=O)(=O)c2cccc3nsnc23)C(C)C)c(C)c1. The van der Waals surface area contributed by atoms with Crippen molar-refractivity contribution in [1.82, 2.24) is 13.5 Å². The summed E-state index contributed by atoms with van der Waals surface area (Å²) in [5.74, 6) is -0.682. The summed E-state index contributed by atoms with van der Waals surface area (Å²) in [6.07, 6.45) is 0. The van der Waals surface area contributed by atoms with Crippen molar-refractivity contribution in [2.24, 2.45) is 5.92 Å². The van der Waals surface area contributed by atoms with Crippen LogP contribution in [0.3, 0.4) is 0 Å². The molecule has 0 aliphatic carbocycles. The molecule has 8 nitrogen and oxygen atoms in total. The molecular formula is C22H29N5O3S2. The first-order valence-corrected chi connectivity index (χ1v) is 12.8. The van der Waals surface area contributed by atoms with Crippen molar-refractivity contribution >= 4 is 50.1 Å². The van der Waals surface area contributed by atoms with Crippen LogP contribution in [-0.4, -0.2) is 42.2 Å². The fourth-order valence-electron chi connectivity index (χ4n) is 3.51. The van der Waals surface area contributed by atoms with Gasteiger partial charge in [0.05, 0.1) is 11.7 Å².